The third kappa shape index (κ3) is 3.44. The standard InChI is InChI=1S/C13H13BrF2N4O/c1-3-6-21-13-19-11(18-12(17-2)20-13)9-8(15)5-4-7(14)10(9)16/h4-5H,3,6H2,1-2H3,(H,17,18,19,20). The normalized spacial score (nSPS) is 10.5. The molecule has 0 saturated carbocycles. The van der Waals surface area contributed by atoms with Gasteiger partial charge in [0, 0.05) is 7.05 Å². The van der Waals surface area contributed by atoms with Gasteiger partial charge in [0.05, 0.1) is 16.6 Å². The summed E-state index contributed by atoms with van der Waals surface area (Å²) in [7, 11) is 1.59. The highest BCUT2D eigenvalue weighted by atomic mass is 79.9. The van der Waals surface area contributed by atoms with Crippen molar-refractivity contribution in [2.24, 2.45) is 0 Å². The van der Waals surface area contributed by atoms with Gasteiger partial charge in [-0.25, -0.2) is 8.78 Å². The van der Waals surface area contributed by atoms with Gasteiger partial charge in [0.1, 0.15) is 5.82 Å². The lowest BCUT2D eigenvalue weighted by molar-refractivity contribution is 0.292. The summed E-state index contributed by atoms with van der Waals surface area (Å²) in [6, 6.07) is 2.44. The highest BCUT2D eigenvalue weighted by Gasteiger charge is 2.19. The number of nitrogens with zero attached hydrogens (tertiary/aromatic N) is 3. The number of nitrogens with one attached hydrogen (secondary N) is 1. The first kappa shape index (κ1) is 15.6. The van der Waals surface area contributed by atoms with Gasteiger partial charge in [-0.3, -0.25) is 0 Å². The summed E-state index contributed by atoms with van der Waals surface area (Å²) in [5, 5.41) is 2.71. The molecule has 0 fully saturated rings. The van der Waals surface area contributed by atoms with Gasteiger partial charge in [-0.1, -0.05) is 6.92 Å². The zero-order valence-electron chi connectivity index (χ0n) is 11.5. The zero-order valence-corrected chi connectivity index (χ0v) is 13.0. The lowest BCUT2D eigenvalue weighted by Gasteiger charge is -2.09. The van der Waals surface area contributed by atoms with E-state index in [4.69, 9.17) is 4.74 Å². The van der Waals surface area contributed by atoms with E-state index in [1.807, 2.05) is 6.92 Å². The van der Waals surface area contributed by atoms with Gasteiger partial charge in [0.25, 0.3) is 0 Å². The Hall–Kier alpha value is -1.83. The fourth-order valence-electron chi connectivity index (χ4n) is 1.57. The molecule has 112 valence electrons. The zero-order chi connectivity index (χ0) is 15.4. The smallest absolute Gasteiger partial charge is 0.321 e. The largest absolute Gasteiger partial charge is 0.463 e. The van der Waals surface area contributed by atoms with Crippen LogP contribution >= 0.6 is 15.9 Å². The Morgan fingerprint density at radius 3 is 2.67 bits per heavy atom. The molecule has 0 aliphatic heterocycles. The molecule has 5 nitrogen and oxygen atoms in total. The van der Waals surface area contributed by atoms with Gasteiger partial charge in [0.2, 0.25) is 5.95 Å². The fourth-order valence-corrected chi connectivity index (χ4v) is 1.90. The minimum absolute atomic E-state index is 0.0185. The third-order valence-electron chi connectivity index (χ3n) is 2.54. The predicted octanol–water partition coefficient (Wildman–Crippen LogP) is 3.41. The van der Waals surface area contributed by atoms with Gasteiger partial charge in [-0.15, -0.1) is 0 Å². The molecule has 0 atom stereocenters. The number of anilines is 1. The molecular weight excluding hydrogens is 346 g/mol. The van der Waals surface area contributed by atoms with Crippen LogP contribution in [0, 0.1) is 11.6 Å². The van der Waals surface area contributed by atoms with Crippen LogP contribution in [0.15, 0.2) is 16.6 Å². The van der Waals surface area contributed by atoms with E-state index in [0.29, 0.717) is 6.61 Å². The van der Waals surface area contributed by atoms with Gasteiger partial charge in [-0.05, 0) is 34.5 Å². The maximum atomic E-state index is 14.1. The molecule has 0 amide bonds. The average molecular weight is 359 g/mol. The van der Waals surface area contributed by atoms with Crippen molar-refractivity contribution in [3.05, 3.63) is 28.2 Å². The molecule has 0 aliphatic rings. The van der Waals surface area contributed by atoms with Crippen LogP contribution < -0.4 is 10.1 Å². The number of aromatic nitrogens is 3. The quantitative estimate of drug-likeness (QED) is 0.830. The van der Waals surface area contributed by atoms with Crippen LogP contribution in [0.25, 0.3) is 11.4 Å². The van der Waals surface area contributed by atoms with Crippen molar-refractivity contribution >= 4 is 21.9 Å². The van der Waals surface area contributed by atoms with Gasteiger partial charge >= 0.3 is 6.01 Å². The fraction of sp³-hybridized carbons (Fsp3) is 0.308. The van der Waals surface area contributed by atoms with Crippen molar-refractivity contribution in [3.63, 3.8) is 0 Å². The van der Waals surface area contributed by atoms with Crippen LogP contribution in [-0.4, -0.2) is 28.6 Å². The van der Waals surface area contributed by atoms with E-state index in [0.717, 1.165) is 12.5 Å². The number of hydrogen-bond acceptors (Lipinski definition) is 5. The molecular formula is C13H13BrF2N4O. The van der Waals surface area contributed by atoms with Crippen molar-refractivity contribution in [1.82, 2.24) is 15.0 Å². The summed E-state index contributed by atoms with van der Waals surface area (Å²) < 4.78 is 33.5. The lowest BCUT2D eigenvalue weighted by Crippen LogP contribution is -2.07. The van der Waals surface area contributed by atoms with E-state index in [1.165, 1.54) is 6.07 Å². The summed E-state index contributed by atoms with van der Waals surface area (Å²) in [6.07, 6.45) is 0.759. The Bertz CT molecular complexity index is 654. The van der Waals surface area contributed by atoms with Crippen LogP contribution in [0.5, 0.6) is 6.01 Å². The monoisotopic (exact) mass is 358 g/mol. The van der Waals surface area contributed by atoms with Crippen LogP contribution in [0.2, 0.25) is 0 Å². The molecule has 0 bridgehead atoms. The number of benzene rings is 1. The molecule has 1 N–H and O–H groups in total. The number of hydrogen-bond donors (Lipinski definition) is 1. The topological polar surface area (TPSA) is 59.9 Å². The van der Waals surface area contributed by atoms with E-state index in [9.17, 15) is 8.78 Å². The Balaban J connectivity index is 2.55. The molecule has 1 aromatic heterocycles. The van der Waals surface area contributed by atoms with Crippen LogP contribution in [0.1, 0.15) is 13.3 Å². The second kappa shape index (κ2) is 6.75. The molecule has 2 aromatic rings. The first-order valence-electron chi connectivity index (χ1n) is 6.27. The minimum atomic E-state index is -0.773. The number of ether oxygens (including phenoxy) is 1. The summed E-state index contributed by atoms with van der Waals surface area (Å²) in [5.74, 6) is -1.49. The Labute approximate surface area is 128 Å². The molecule has 1 heterocycles. The van der Waals surface area contributed by atoms with Crippen molar-refractivity contribution in [3.8, 4) is 17.4 Å². The molecule has 0 aliphatic carbocycles. The van der Waals surface area contributed by atoms with E-state index in [2.05, 4.69) is 36.2 Å². The number of rotatable bonds is 5. The van der Waals surface area contributed by atoms with Gasteiger partial charge in [0.15, 0.2) is 11.6 Å². The molecule has 0 unspecified atom stereocenters. The molecule has 1 aromatic carbocycles. The summed E-state index contributed by atoms with van der Waals surface area (Å²) in [6.45, 7) is 2.32. The van der Waals surface area contributed by atoms with Crippen molar-refractivity contribution in [2.75, 3.05) is 19.0 Å². The maximum Gasteiger partial charge on any atom is 0.321 e. The molecule has 0 spiro atoms. The van der Waals surface area contributed by atoms with Crippen molar-refractivity contribution in [2.45, 2.75) is 13.3 Å². The van der Waals surface area contributed by atoms with E-state index < -0.39 is 11.6 Å². The van der Waals surface area contributed by atoms with Crippen LogP contribution in [0.4, 0.5) is 14.7 Å². The molecule has 0 saturated heterocycles. The van der Waals surface area contributed by atoms with Gasteiger partial charge in [-0.2, -0.15) is 15.0 Å². The molecule has 21 heavy (non-hydrogen) atoms. The highest BCUT2D eigenvalue weighted by molar-refractivity contribution is 9.10. The second-order valence-electron chi connectivity index (χ2n) is 4.08. The van der Waals surface area contributed by atoms with Gasteiger partial charge < -0.3 is 10.1 Å². The predicted molar refractivity (Wildman–Crippen MR) is 78.2 cm³/mol. The Kier molecular flexibility index (Phi) is 5.00. The Morgan fingerprint density at radius 2 is 2.00 bits per heavy atom. The van der Waals surface area contributed by atoms with Crippen molar-refractivity contribution in [1.29, 1.82) is 0 Å². The van der Waals surface area contributed by atoms with E-state index >= 15 is 0 Å². The molecule has 2 rings (SSSR count). The van der Waals surface area contributed by atoms with Crippen LogP contribution in [0.3, 0.4) is 0 Å². The third-order valence-corrected chi connectivity index (χ3v) is 3.15. The summed E-state index contributed by atoms with van der Waals surface area (Å²) >= 11 is 3.01. The first-order chi connectivity index (χ1) is 10.1. The highest BCUT2D eigenvalue weighted by Crippen LogP contribution is 2.29. The SMILES string of the molecule is CCCOc1nc(NC)nc(-c2c(F)ccc(Br)c2F)n1. The first-order valence-corrected chi connectivity index (χ1v) is 7.06. The molecule has 0 radical (unpaired) electrons. The summed E-state index contributed by atoms with van der Waals surface area (Å²) in [5.41, 5.74) is -0.329. The van der Waals surface area contributed by atoms with Crippen molar-refractivity contribution < 1.29 is 13.5 Å². The second-order valence-corrected chi connectivity index (χ2v) is 4.94. The summed E-state index contributed by atoms with van der Waals surface area (Å²) in [4.78, 5) is 11.9. The minimum Gasteiger partial charge on any atom is -0.463 e. The van der Waals surface area contributed by atoms with Crippen LogP contribution in [-0.2, 0) is 0 Å². The van der Waals surface area contributed by atoms with E-state index in [-0.39, 0.29) is 27.8 Å². The van der Waals surface area contributed by atoms with E-state index in [1.54, 1.807) is 7.05 Å². The lowest BCUT2D eigenvalue weighted by atomic mass is 10.2. The maximum absolute atomic E-state index is 14.1. The Morgan fingerprint density at radius 1 is 1.24 bits per heavy atom. The number of halogens is 3. The average Bonchev–Trinajstić information content (AvgIpc) is 2.49. The molecule has 8 heteroatoms.